The number of fused-ring (bicyclic) bond motifs is 1. The Balaban J connectivity index is 1.36. The lowest BCUT2D eigenvalue weighted by Crippen LogP contribution is -2.45. The zero-order valence-corrected chi connectivity index (χ0v) is 20.1. The summed E-state index contributed by atoms with van der Waals surface area (Å²) in [6.45, 7) is 4.10. The van der Waals surface area contributed by atoms with Gasteiger partial charge in [0, 0.05) is 42.8 Å². The molecular weight excluding hydrogens is 471 g/mol. The second-order valence-corrected chi connectivity index (χ2v) is 9.45. The summed E-state index contributed by atoms with van der Waals surface area (Å²) in [6, 6.07) is 9.42. The number of benzene rings is 2. The average molecular weight is 500 g/mol. The minimum atomic E-state index is -2.89. The molecular formula is C26H28F3N5O2. The topological polar surface area (TPSA) is 70.6 Å². The molecule has 2 saturated heterocycles. The van der Waals surface area contributed by atoms with Gasteiger partial charge in [-0.2, -0.15) is 10.2 Å². The van der Waals surface area contributed by atoms with Gasteiger partial charge in [0.15, 0.2) is 0 Å². The Morgan fingerprint density at radius 1 is 1.22 bits per heavy atom. The third-order valence-electron chi connectivity index (χ3n) is 7.17. The van der Waals surface area contributed by atoms with Gasteiger partial charge in [0.1, 0.15) is 5.82 Å². The van der Waals surface area contributed by atoms with E-state index in [-0.39, 0.29) is 23.4 Å². The lowest BCUT2D eigenvalue weighted by Gasteiger charge is -2.31. The van der Waals surface area contributed by atoms with Crippen LogP contribution in [0.1, 0.15) is 36.9 Å². The maximum Gasteiger partial charge on any atom is 0.266 e. The number of aromatic nitrogens is 2. The van der Waals surface area contributed by atoms with E-state index in [4.69, 9.17) is 4.74 Å². The molecule has 190 valence electrons. The first-order valence-corrected chi connectivity index (χ1v) is 12.0. The largest absolute Gasteiger partial charge is 0.380 e. The van der Waals surface area contributed by atoms with E-state index in [1.807, 2.05) is 30.1 Å². The number of amides is 1. The summed E-state index contributed by atoms with van der Waals surface area (Å²) < 4.78 is 46.2. The van der Waals surface area contributed by atoms with Gasteiger partial charge in [-0.25, -0.2) is 13.2 Å². The van der Waals surface area contributed by atoms with Crippen molar-refractivity contribution in [1.29, 1.82) is 0 Å². The number of likely N-dealkylation sites (N-methyl/N-ethyl adjacent to an activating group) is 1. The van der Waals surface area contributed by atoms with Crippen molar-refractivity contribution in [3.8, 4) is 0 Å². The molecule has 0 radical (unpaired) electrons. The molecule has 0 aliphatic carbocycles. The highest BCUT2D eigenvalue weighted by Crippen LogP contribution is 2.33. The number of carbonyl (C=O) groups excluding carboxylic acids is 1. The van der Waals surface area contributed by atoms with Crippen LogP contribution in [-0.2, 0) is 9.53 Å². The van der Waals surface area contributed by atoms with E-state index in [0.717, 1.165) is 30.1 Å². The molecule has 1 unspecified atom stereocenters. The third kappa shape index (κ3) is 4.57. The normalized spacial score (nSPS) is 18.9. The first-order valence-electron chi connectivity index (χ1n) is 12.0. The van der Waals surface area contributed by atoms with Gasteiger partial charge in [0.05, 0.1) is 48.1 Å². The van der Waals surface area contributed by atoms with E-state index < -0.39 is 23.8 Å². The molecule has 0 saturated carbocycles. The van der Waals surface area contributed by atoms with Crippen molar-refractivity contribution in [3.05, 3.63) is 59.5 Å². The summed E-state index contributed by atoms with van der Waals surface area (Å²) >= 11 is 0. The number of hydrogen-bond donors (Lipinski definition) is 1. The zero-order valence-electron chi connectivity index (χ0n) is 20.1. The number of alkyl halides is 2. The third-order valence-corrected chi connectivity index (χ3v) is 7.17. The van der Waals surface area contributed by atoms with Crippen LogP contribution in [0.4, 0.5) is 24.5 Å². The Bertz CT molecular complexity index is 1270. The maximum absolute atomic E-state index is 14.7. The van der Waals surface area contributed by atoms with Gasteiger partial charge in [0.2, 0.25) is 5.91 Å². The Kier molecular flexibility index (Phi) is 6.70. The highest BCUT2D eigenvalue weighted by Gasteiger charge is 2.35. The van der Waals surface area contributed by atoms with Crippen LogP contribution in [0.15, 0.2) is 42.6 Å². The minimum Gasteiger partial charge on any atom is -0.380 e. The van der Waals surface area contributed by atoms with Gasteiger partial charge in [-0.15, -0.1) is 0 Å². The second-order valence-electron chi connectivity index (χ2n) is 9.45. The maximum atomic E-state index is 14.7. The summed E-state index contributed by atoms with van der Waals surface area (Å²) in [7, 11) is 2.00. The fourth-order valence-electron chi connectivity index (χ4n) is 4.87. The Hall–Kier alpha value is -3.40. The van der Waals surface area contributed by atoms with Crippen LogP contribution in [0.25, 0.3) is 10.9 Å². The number of anilines is 2. The molecule has 1 amide bonds. The number of nitrogens with one attached hydrogen (secondary N) is 1. The molecule has 0 bridgehead atoms. The van der Waals surface area contributed by atoms with E-state index in [2.05, 4.69) is 20.4 Å². The van der Waals surface area contributed by atoms with Gasteiger partial charge in [0.25, 0.3) is 6.43 Å². The van der Waals surface area contributed by atoms with Gasteiger partial charge in [-0.05, 0) is 31.5 Å². The Labute approximate surface area is 207 Å². The van der Waals surface area contributed by atoms with E-state index in [1.165, 1.54) is 12.1 Å². The lowest BCUT2D eigenvalue weighted by molar-refractivity contribution is -0.148. The molecule has 2 aliphatic heterocycles. The number of rotatable bonds is 7. The first-order chi connectivity index (χ1) is 17.3. The number of hydrogen-bond acceptors (Lipinski definition) is 6. The highest BCUT2D eigenvalue weighted by molar-refractivity contribution is 5.93. The van der Waals surface area contributed by atoms with Crippen LogP contribution in [0.3, 0.4) is 0 Å². The minimum absolute atomic E-state index is 0.0184. The first kappa shape index (κ1) is 24.3. The predicted molar refractivity (Wildman–Crippen MR) is 131 cm³/mol. The molecule has 3 aromatic rings. The fraction of sp³-hybridized carbons (Fsp3) is 0.423. The molecule has 5 rings (SSSR count). The second kappa shape index (κ2) is 9.93. The summed E-state index contributed by atoms with van der Waals surface area (Å²) in [5.74, 6) is -0.766. The van der Waals surface area contributed by atoms with E-state index >= 15 is 0 Å². The van der Waals surface area contributed by atoms with E-state index in [1.54, 1.807) is 13.1 Å². The molecule has 1 N–H and O–H groups in total. The van der Waals surface area contributed by atoms with Gasteiger partial charge in [-0.3, -0.25) is 4.79 Å². The summed E-state index contributed by atoms with van der Waals surface area (Å²) in [5, 5.41) is 12.2. The molecule has 3 heterocycles. The van der Waals surface area contributed by atoms with Crippen molar-refractivity contribution >= 4 is 28.2 Å². The quantitative estimate of drug-likeness (QED) is 0.514. The number of halogens is 3. The van der Waals surface area contributed by atoms with Crippen molar-refractivity contribution < 1.29 is 22.7 Å². The predicted octanol–water partition coefficient (Wildman–Crippen LogP) is 4.56. The molecule has 2 atom stereocenters. The van der Waals surface area contributed by atoms with Crippen LogP contribution in [0.2, 0.25) is 0 Å². The SMILES string of the molecule is C[C@@H](Nc1cnnc2ccc(N(C)C3CCN(C(=O)C4COC4)C3)cc12)c1cccc(C(F)F)c1F. The van der Waals surface area contributed by atoms with Gasteiger partial charge < -0.3 is 19.9 Å². The van der Waals surface area contributed by atoms with Crippen LogP contribution in [0, 0.1) is 11.7 Å². The molecule has 0 spiro atoms. The van der Waals surface area contributed by atoms with E-state index in [0.29, 0.717) is 31.0 Å². The summed E-state index contributed by atoms with van der Waals surface area (Å²) in [5.41, 5.74) is 1.76. The smallest absolute Gasteiger partial charge is 0.266 e. The Morgan fingerprint density at radius 3 is 2.72 bits per heavy atom. The van der Waals surface area contributed by atoms with Crippen LogP contribution in [-0.4, -0.2) is 60.4 Å². The van der Waals surface area contributed by atoms with Gasteiger partial charge >= 0.3 is 0 Å². The fourth-order valence-corrected chi connectivity index (χ4v) is 4.87. The molecule has 36 heavy (non-hydrogen) atoms. The lowest BCUT2D eigenvalue weighted by atomic mass is 10.0. The van der Waals surface area contributed by atoms with Crippen molar-refractivity contribution in [1.82, 2.24) is 15.1 Å². The monoisotopic (exact) mass is 499 g/mol. The molecule has 7 nitrogen and oxygen atoms in total. The van der Waals surface area contributed by atoms with Crippen molar-refractivity contribution in [2.24, 2.45) is 5.92 Å². The zero-order chi connectivity index (χ0) is 25.4. The number of ether oxygens (including phenoxy) is 1. The van der Waals surface area contributed by atoms with E-state index in [9.17, 15) is 18.0 Å². The van der Waals surface area contributed by atoms with Gasteiger partial charge in [-0.1, -0.05) is 18.2 Å². The number of nitrogens with zero attached hydrogens (tertiary/aromatic N) is 4. The summed E-state index contributed by atoms with van der Waals surface area (Å²) in [6.07, 6.45) is -0.471. The molecule has 1 aromatic heterocycles. The number of likely N-dealkylation sites (tertiary alicyclic amines) is 1. The summed E-state index contributed by atoms with van der Waals surface area (Å²) in [4.78, 5) is 16.7. The molecule has 10 heteroatoms. The van der Waals surface area contributed by atoms with Crippen molar-refractivity contribution in [2.45, 2.75) is 31.9 Å². The average Bonchev–Trinajstić information content (AvgIpc) is 3.33. The molecule has 2 fully saturated rings. The number of carbonyl (C=O) groups is 1. The molecule has 2 aliphatic rings. The standard InChI is InChI=1S/C26H28F3N5O2/c1-15(19-4-3-5-20(24(19)27)25(28)29)31-23-11-30-32-22-7-6-17(10-21(22)23)33(2)18-8-9-34(12-18)26(35)16-13-36-14-16/h3-7,10-11,15-16,18,25H,8-9,12-14H2,1-2H3,(H,31,32)/t15-,18?/m1/s1. The van der Waals surface area contributed by atoms with Crippen molar-refractivity contribution in [2.75, 3.05) is 43.6 Å². The molecule has 2 aromatic carbocycles. The highest BCUT2D eigenvalue weighted by atomic mass is 19.3. The van der Waals surface area contributed by atoms with Crippen LogP contribution in [0.5, 0.6) is 0 Å². The van der Waals surface area contributed by atoms with Crippen LogP contribution < -0.4 is 10.2 Å². The van der Waals surface area contributed by atoms with Crippen LogP contribution >= 0.6 is 0 Å². The Morgan fingerprint density at radius 2 is 2.00 bits per heavy atom. The van der Waals surface area contributed by atoms with Crippen molar-refractivity contribution in [3.63, 3.8) is 0 Å².